The van der Waals surface area contributed by atoms with Crippen LogP contribution in [0.25, 0.3) is 11.8 Å². The van der Waals surface area contributed by atoms with E-state index in [-0.39, 0.29) is 16.8 Å². The first kappa shape index (κ1) is 25.5. The van der Waals surface area contributed by atoms with Crippen molar-refractivity contribution in [3.63, 3.8) is 0 Å². The van der Waals surface area contributed by atoms with E-state index in [4.69, 9.17) is 14.9 Å². The third-order valence-corrected chi connectivity index (χ3v) is 7.04. The number of thioether (sulfide) groups is 1. The average Bonchev–Trinajstić information content (AvgIpc) is 3.34. The average molecular weight is 524 g/mol. The molecule has 3 aromatic carbocycles. The fourth-order valence-electron chi connectivity index (χ4n) is 4.11. The third kappa shape index (κ3) is 5.58. The van der Waals surface area contributed by atoms with Gasteiger partial charge in [0.1, 0.15) is 30.5 Å². The SMILES string of the molecule is CC(C)(C)c1ccc(OCCOc2ccc(C=C3C(=N)N4C(c5ccccc5)=CSC4=NC3=O)cc2)cc1. The predicted octanol–water partition coefficient (Wildman–Crippen LogP) is 6.75. The molecule has 7 heteroatoms. The highest BCUT2D eigenvalue weighted by Crippen LogP contribution is 2.37. The van der Waals surface area contributed by atoms with Gasteiger partial charge in [-0.2, -0.15) is 4.99 Å². The Morgan fingerprint density at radius 2 is 1.50 bits per heavy atom. The number of nitrogens with one attached hydrogen (secondary N) is 1. The van der Waals surface area contributed by atoms with Gasteiger partial charge in [0.15, 0.2) is 5.17 Å². The Hall–Kier alpha value is -4.10. The summed E-state index contributed by atoms with van der Waals surface area (Å²) in [6, 6.07) is 25.4. The van der Waals surface area contributed by atoms with Crippen LogP contribution in [0.1, 0.15) is 37.5 Å². The molecule has 0 radical (unpaired) electrons. The smallest absolute Gasteiger partial charge is 0.283 e. The highest BCUT2D eigenvalue weighted by molar-refractivity contribution is 8.17. The van der Waals surface area contributed by atoms with Gasteiger partial charge in [0, 0.05) is 5.41 Å². The molecule has 2 aliphatic rings. The number of carbonyl (C=O) groups is 1. The Kier molecular flexibility index (Phi) is 7.20. The van der Waals surface area contributed by atoms with Crippen LogP contribution in [-0.4, -0.2) is 35.0 Å². The number of carbonyl (C=O) groups excluding carboxylic acids is 1. The van der Waals surface area contributed by atoms with E-state index >= 15 is 0 Å². The summed E-state index contributed by atoms with van der Waals surface area (Å²) < 4.78 is 11.6. The summed E-state index contributed by atoms with van der Waals surface area (Å²) in [5.41, 5.74) is 4.22. The summed E-state index contributed by atoms with van der Waals surface area (Å²) in [6.45, 7) is 7.39. The Morgan fingerprint density at radius 3 is 2.11 bits per heavy atom. The van der Waals surface area contributed by atoms with Crippen LogP contribution in [0.2, 0.25) is 0 Å². The number of rotatable bonds is 7. The lowest BCUT2D eigenvalue weighted by molar-refractivity contribution is -0.114. The van der Waals surface area contributed by atoms with Crippen molar-refractivity contribution >= 4 is 40.4 Å². The number of hydrogen-bond acceptors (Lipinski definition) is 5. The van der Waals surface area contributed by atoms with E-state index in [2.05, 4.69) is 37.9 Å². The zero-order valence-electron chi connectivity index (χ0n) is 21.6. The van der Waals surface area contributed by atoms with Crippen LogP contribution in [0.5, 0.6) is 11.5 Å². The van der Waals surface area contributed by atoms with Crippen LogP contribution in [0.15, 0.2) is 94.8 Å². The van der Waals surface area contributed by atoms with Gasteiger partial charge in [-0.15, -0.1) is 0 Å². The second kappa shape index (κ2) is 10.7. The summed E-state index contributed by atoms with van der Waals surface area (Å²) in [7, 11) is 0. The van der Waals surface area contributed by atoms with Crippen molar-refractivity contribution in [3.8, 4) is 11.5 Å². The highest BCUT2D eigenvalue weighted by Gasteiger charge is 2.36. The van der Waals surface area contributed by atoms with E-state index in [1.807, 2.05) is 72.1 Å². The maximum atomic E-state index is 12.7. The van der Waals surface area contributed by atoms with Crippen molar-refractivity contribution in [2.24, 2.45) is 4.99 Å². The molecule has 0 saturated carbocycles. The van der Waals surface area contributed by atoms with Crippen LogP contribution >= 0.6 is 11.8 Å². The molecule has 0 spiro atoms. The van der Waals surface area contributed by atoms with Crippen molar-refractivity contribution in [1.82, 2.24) is 4.90 Å². The zero-order valence-corrected chi connectivity index (χ0v) is 22.4. The lowest BCUT2D eigenvalue weighted by Gasteiger charge is -2.26. The molecule has 0 unspecified atom stereocenters. The number of hydrogen-bond donors (Lipinski definition) is 1. The summed E-state index contributed by atoms with van der Waals surface area (Å²) in [4.78, 5) is 18.7. The number of nitrogens with zero attached hydrogens (tertiary/aromatic N) is 2. The van der Waals surface area contributed by atoms with E-state index in [0.717, 1.165) is 22.6 Å². The van der Waals surface area contributed by atoms with Crippen LogP contribution in [0.4, 0.5) is 0 Å². The minimum Gasteiger partial charge on any atom is -0.490 e. The number of benzene rings is 3. The van der Waals surface area contributed by atoms with Gasteiger partial charge >= 0.3 is 0 Å². The van der Waals surface area contributed by atoms with Crippen molar-refractivity contribution in [2.75, 3.05) is 13.2 Å². The summed E-state index contributed by atoms with van der Waals surface area (Å²) in [5.74, 6) is 1.22. The molecule has 6 nitrogen and oxygen atoms in total. The molecule has 0 fully saturated rings. The van der Waals surface area contributed by atoms with Gasteiger partial charge in [0.2, 0.25) is 0 Å². The minimum atomic E-state index is -0.413. The molecule has 1 N–H and O–H groups in total. The van der Waals surface area contributed by atoms with E-state index in [1.54, 1.807) is 11.0 Å². The standard InChI is InChI=1S/C31H29N3O3S/c1-31(2,3)23-11-15-25(16-12-23)37-18-17-36-24-13-9-21(10-14-24)19-26-28(32)34-27(22-7-5-4-6-8-22)20-38-30(34)33-29(26)35/h4-16,19-20,32H,17-18H2,1-3H3. The molecule has 5 rings (SSSR count). The summed E-state index contributed by atoms with van der Waals surface area (Å²) >= 11 is 1.35. The van der Waals surface area contributed by atoms with Gasteiger partial charge in [-0.3, -0.25) is 15.1 Å². The Balaban J connectivity index is 1.19. The molecule has 1 amide bonds. The molecule has 38 heavy (non-hydrogen) atoms. The fraction of sp³-hybridized carbons (Fsp3) is 0.194. The van der Waals surface area contributed by atoms with Gasteiger partial charge < -0.3 is 9.47 Å². The summed E-state index contributed by atoms with van der Waals surface area (Å²) in [6.07, 6.45) is 1.70. The van der Waals surface area contributed by atoms with Gasteiger partial charge in [0.05, 0.1) is 11.3 Å². The van der Waals surface area contributed by atoms with Crippen LogP contribution in [0.3, 0.4) is 0 Å². The normalized spacial score (nSPS) is 16.3. The molecule has 192 valence electrons. The molecular formula is C31H29N3O3S. The van der Waals surface area contributed by atoms with E-state index in [9.17, 15) is 4.79 Å². The monoisotopic (exact) mass is 523 g/mol. The largest absolute Gasteiger partial charge is 0.490 e. The van der Waals surface area contributed by atoms with E-state index in [1.165, 1.54) is 17.3 Å². The molecule has 0 bridgehead atoms. The number of amides is 1. The molecule has 0 atom stereocenters. The first-order valence-electron chi connectivity index (χ1n) is 12.4. The maximum Gasteiger partial charge on any atom is 0.283 e. The van der Waals surface area contributed by atoms with Crippen molar-refractivity contribution < 1.29 is 14.3 Å². The van der Waals surface area contributed by atoms with Crippen molar-refractivity contribution in [2.45, 2.75) is 26.2 Å². The van der Waals surface area contributed by atoms with Crippen LogP contribution < -0.4 is 9.47 Å². The minimum absolute atomic E-state index is 0.111. The first-order valence-corrected chi connectivity index (χ1v) is 13.3. The Labute approximate surface area is 227 Å². The molecule has 3 aromatic rings. The topological polar surface area (TPSA) is 75.0 Å². The quantitative estimate of drug-likeness (QED) is 0.274. The van der Waals surface area contributed by atoms with Crippen molar-refractivity contribution in [3.05, 3.63) is 107 Å². The number of amidine groups is 2. The van der Waals surface area contributed by atoms with Crippen LogP contribution in [-0.2, 0) is 10.2 Å². The first-order chi connectivity index (χ1) is 18.3. The number of ether oxygens (including phenoxy) is 2. The molecule has 0 aromatic heterocycles. The lowest BCUT2D eigenvalue weighted by atomic mass is 9.87. The second-order valence-electron chi connectivity index (χ2n) is 9.97. The zero-order chi connectivity index (χ0) is 26.7. The molecule has 2 heterocycles. The number of fused-ring (bicyclic) bond motifs is 1. The van der Waals surface area contributed by atoms with Crippen LogP contribution in [0, 0.1) is 5.41 Å². The molecule has 0 aliphatic carbocycles. The number of aliphatic imine (C=N–C) groups is 1. The Bertz CT molecular complexity index is 1430. The molecule has 0 saturated heterocycles. The van der Waals surface area contributed by atoms with Gasteiger partial charge in [0.25, 0.3) is 5.91 Å². The van der Waals surface area contributed by atoms with Gasteiger partial charge in [-0.05, 0) is 52.4 Å². The maximum absolute atomic E-state index is 12.7. The van der Waals surface area contributed by atoms with E-state index < -0.39 is 5.91 Å². The second-order valence-corrected chi connectivity index (χ2v) is 10.8. The highest BCUT2D eigenvalue weighted by atomic mass is 32.2. The van der Waals surface area contributed by atoms with Gasteiger partial charge in [-0.1, -0.05) is 87.1 Å². The molecular weight excluding hydrogens is 494 g/mol. The lowest BCUT2D eigenvalue weighted by Crippen LogP contribution is -2.38. The van der Waals surface area contributed by atoms with Crippen molar-refractivity contribution in [1.29, 1.82) is 5.41 Å². The fourth-order valence-corrected chi connectivity index (χ4v) is 5.00. The summed E-state index contributed by atoms with van der Waals surface area (Å²) in [5, 5.41) is 11.2. The molecule has 2 aliphatic heterocycles. The predicted molar refractivity (Wildman–Crippen MR) is 155 cm³/mol. The van der Waals surface area contributed by atoms with E-state index in [0.29, 0.717) is 24.1 Å². The van der Waals surface area contributed by atoms with Gasteiger partial charge in [-0.25, -0.2) is 0 Å². The third-order valence-electron chi connectivity index (χ3n) is 6.22. The Morgan fingerprint density at radius 1 is 0.895 bits per heavy atom.